The van der Waals surface area contributed by atoms with Gasteiger partial charge in [-0.2, -0.15) is 0 Å². The number of anilines is 1. The summed E-state index contributed by atoms with van der Waals surface area (Å²) in [7, 11) is 0. The third-order valence-electron chi connectivity index (χ3n) is 4.04. The van der Waals surface area contributed by atoms with Crippen molar-refractivity contribution in [2.45, 2.75) is 13.0 Å². The van der Waals surface area contributed by atoms with Gasteiger partial charge in [0, 0.05) is 17.5 Å². The van der Waals surface area contributed by atoms with E-state index in [1.165, 1.54) is 19.1 Å². The van der Waals surface area contributed by atoms with Gasteiger partial charge in [-0.25, -0.2) is 4.79 Å². The summed E-state index contributed by atoms with van der Waals surface area (Å²) in [6, 6.07) is 19.4. The van der Waals surface area contributed by atoms with Crippen molar-refractivity contribution in [3.05, 3.63) is 88.1 Å². The van der Waals surface area contributed by atoms with Crippen LogP contribution < -0.4 is 10.6 Å². The van der Waals surface area contributed by atoms with E-state index in [-0.39, 0.29) is 18.6 Å². The minimum Gasteiger partial charge on any atom is -0.452 e. The van der Waals surface area contributed by atoms with E-state index in [0.717, 1.165) is 10.4 Å². The van der Waals surface area contributed by atoms with Gasteiger partial charge in [0.05, 0.1) is 11.6 Å². The molecule has 1 atom stereocenters. The molecule has 0 aliphatic heterocycles. The maximum atomic E-state index is 12.4. The Morgan fingerprint density at radius 2 is 1.69 bits per heavy atom. The molecule has 0 saturated heterocycles. The molecule has 0 radical (unpaired) electrons. The molecule has 1 aromatic heterocycles. The standard InChI is InChI=1S/C22H20N2O4S/c1-15(25)23-18-11-9-17(10-12-18)22(27)28-14-20(26)24-21(19-8-5-13-29-19)16-6-3-2-4-7-16/h2-13,21H,14H2,1H3,(H,23,25)(H,24,26)/t21-/m1/s1. The number of esters is 1. The molecule has 6 nitrogen and oxygen atoms in total. The van der Waals surface area contributed by atoms with Gasteiger partial charge >= 0.3 is 5.97 Å². The third kappa shape index (κ3) is 5.76. The van der Waals surface area contributed by atoms with Gasteiger partial charge < -0.3 is 15.4 Å². The Balaban J connectivity index is 1.59. The van der Waals surface area contributed by atoms with Gasteiger partial charge in [-0.15, -0.1) is 11.3 Å². The molecule has 2 N–H and O–H groups in total. The SMILES string of the molecule is CC(=O)Nc1ccc(C(=O)OCC(=O)N[C@H](c2ccccc2)c2cccs2)cc1. The second-order valence-corrected chi connectivity index (χ2v) is 7.24. The van der Waals surface area contributed by atoms with E-state index in [4.69, 9.17) is 4.74 Å². The van der Waals surface area contributed by atoms with Crippen molar-refractivity contribution >= 4 is 34.8 Å². The molecule has 3 aromatic rings. The normalized spacial score (nSPS) is 11.3. The maximum Gasteiger partial charge on any atom is 0.338 e. The van der Waals surface area contributed by atoms with Crippen LogP contribution in [0, 0.1) is 0 Å². The second-order valence-electron chi connectivity index (χ2n) is 6.26. The fraction of sp³-hybridized carbons (Fsp3) is 0.136. The van der Waals surface area contributed by atoms with Crippen molar-refractivity contribution in [2.75, 3.05) is 11.9 Å². The van der Waals surface area contributed by atoms with E-state index < -0.39 is 11.9 Å². The number of benzene rings is 2. The average Bonchev–Trinajstić information content (AvgIpc) is 3.25. The van der Waals surface area contributed by atoms with E-state index in [1.54, 1.807) is 23.5 Å². The van der Waals surface area contributed by atoms with Crippen molar-refractivity contribution in [3.63, 3.8) is 0 Å². The predicted octanol–water partition coefficient (Wildman–Crippen LogP) is 3.77. The van der Waals surface area contributed by atoms with Crippen LogP contribution in [0.4, 0.5) is 5.69 Å². The zero-order valence-corrected chi connectivity index (χ0v) is 16.6. The van der Waals surface area contributed by atoms with E-state index in [1.807, 2.05) is 47.8 Å². The van der Waals surface area contributed by atoms with Gasteiger partial charge in [0.1, 0.15) is 0 Å². The van der Waals surface area contributed by atoms with Crippen LogP contribution in [0.15, 0.2) is 72.1 Å². The van der Waals surface area contributed by atoms with Crippen LogP contribution in [0.1, 0.15) is 33.8 Å². The number of carbonyl (C=O) groups is 3. The van der Waals surface area contributed by atoms with E-state index in [9.17, 15) is 14.4 Å². The van der Waals surface area contributed by atoms with Crippen LogP contribution in [0.5, 0.6) is 0 Å². The molecule has 0 aliphatic rings. The van der Waals surface area contributed by atoms with Crippen molar-refractivity contribution in [2.24, 2.45) is 0 Å². The summed E-state index contributed by atoms with van der Waals surface area (Å²) in [5.41, 5.74) is 1.82. The Bertz CT molecular complexity index is 970. The van der Waals surface area contributed by atoms with Gasteiger partial charge in [-0.3, -0.25) is 9.59 Å². The number of rotatable bonds is 7. The van der Waals surface area contributed by atoms with Crippen LogP contribution in [0.3, 0.4) is 0 Å². The van der Waals surface area contributed by atoms with Gasteiger partial charge in [0.15, 0.2) is 6.61 Å². The zero-order chi connectivity index (χ0) is 20.6. The first-order valence-electron chi connectivity index (χ1n) is 8.95. The van der Waals surface area contributed by atoms with Crippen molar-refractivity contribution in [1.82, 2.24) is 5.32 Å². The minimum absolute atomic E-state index is 0.198. The topological polar surface area (TPSA) is 84.5 Å². The molecule has 3 rings (SSSR count). The van der Waals surface area contributed by atoms with Crippen LogP contribution >= 0.6 is 11.3 Å². The molecule has 0 saturated carbocycles. The van der Waals surface area contributed by atoms with Crippen molar-refractivity contribution in [3.8, 4) is 0 Å². The molecule has 0 fully saturated rings. The molecule has 7 heteroatoms. The fourth-order valence-electron chi connectivity index (χ4n) is 2.73. The lowest BCUT2D eigenvalue weighted by Crippen LogP contribution is -2.32. The number of amides is 2. The Kier molecular flexibility index (Phi) is 6.76. The Labute approximate surface area is 172 Å². The molecule has 0 aliphatic carbocycles. The lowest BCUT2D eigenvalue weighted by atomic mass is 10.1. The largest absolute Gasteiger partial charge is 0.452 e. The first kappa shape index (κ1) is 20.3. The highest BCUT2D eigenvalue weighted by molar-refractivity contribution is 7.10. The van der Waals surface area contributed by atoms with Gasteiger partial charge in [0.25, 0.3) is 5.91 Å². The summed E-state index contributed by atoms with van der Waals surface area (Å²) in [5, 5.41) is 7.48. The summed E-state index contributed by atoms with van der Waals surface area (Å²) in [6.45, 7) is 1.01. The van der Waals surface area contributed by atoms with Crippen LogP contribution in [0.25, 0.3) is 0 Å². The molecule has 2 aromatic carbocycles. The van der Waals surface area contributed by atoms with Gasteiger partial charge in [-0.05, 0) is 41.3 Å². The molecule has 0 bridgehead atoms. The van der Waals surface area contributed by atoms with Gasteiger partial charge in [0.2, 0.25) is 5.91 Å². The summed E-state index contributed by atoms with van der Waals surface area (Å²) in [4.78, 5) is 36.6. The van der Waals surface area contributed by atoms with E-state index in [2.05, 4.69) is 10.6 Å². The summed E-state index contributed by atoms with van der Waals surface area (Å²) < 4.78 is 5.13. The highest BCUT2D eigenvalue weighted by Crippen LogP contribution is 2.25. The zero-order valence-electron chi connectivity index (χ0n) is 15.8. The monoisotopic (exact) mass is 408 g/mol. The number of ether oxygens (including phenoxy) is 1. The van der Waals surface area contributed by atoms with Crippen molar-refractivity contribution < 1.29 is 19.1 Å². The lowest BCUT2D eigenvalue weighted by molar-refractivity contribution is -0.124. The highest BCUT2D eigenvalue weighted by atomic mass is 32.1. The number of thiophene rings is 1. The number of carbonyl (C=O) groups excluding carboxylic acids is 3. The quantitative estimate of drug-likeness (QED) is 0.583. The molecule has 0 unspecified atom stereocenters. The smallest absolute Gasteiger partial charge is 0.338 e. The van der Waals surface area contributed by atoms with E-state index >= 15 is 0 Å². The third-order valence-corrected chi connectivity index (χ3v) is 4.98. The Morgan fingerprint density at radius 3 is 2.31 bits per heavy atom. The summed E-state index contributed by atoms with van der Waals surface area (Å²) in [5.74, 6) is -1.20. The Hall–Kier alpha value is -3.45. The average molecular weight is 408 g/mol. The lowest BCUT2D eigenvalue weighted by Gasteiger charge is -2.18. The molecule has 2 amide bonds. The summed E-state index contributed by atoms with van der Waals surface area (Å²) >= 11 is 1.54. The first-order valence-corrected chi connectivity index (χ1v) is 9.83. The molecule has 148 valence electrons. The second kappa shape index (κ2) is 9.66. The number of hydrogen-bond acceptors (Lipinski definition) is 5. The van der Waals surface area contributed by atoms with Gasteiger partial charge in [-0.1, -0.05) is 36.4 Å². The minimum atomic E-state index is -0.609. The fourth-order valence-corrected chi connectivity index (χ4v) is 3.53. The number of hydrogen-bond donors (Lipinski definition) is 2. The predicted molar refractivity (Wildman–Crippen MR) is 112 cm³/mol. The van der Waals surface area contributed by atoms with E-state index in [0.29, 0.717) is 11.3 Å². The molecule has 0 spiro atoms. The van der Waals surface area contributed by atoms with Crippen LogP contribution in [-0.2, 0) is 14.3 Å². The molecule has 29 heavy (non-hydrogen) atoms. The molecule has 1 heterocycles. The summed E-state index contributed by atoms with van der Waals surface area (Å²) in [6.07, 6.45) is 0. The molecular weight excluding hydrogens is 388 g/mol. The Morgan fingerprint density at radius 1 is 0.966 bits per heavy atom. The molecular formula is C22H20N2O4S. The van der Waals surface area contributed by atoms with Crippen LogP contribution in [-0.4, -0.2) is 24.4 Å². The first-order chi connectivity index (χ1) is 14.0. The highest BCUT2D eigenvalue weighted by Gasteiger charge is 2.19. The maximum absolute atomic E-state index is 12.4. The number of nitrogens with one attached hydrogen (secondary N) is 2. The van der Waals surface area contributed by atoms with Crippen LogP contribution in [0.2, 0.25) is 0 Å². The van der Waals surface area contributed by atoms with Crippen molar-refractivity contribution in [1.29, 1.82) is 0 Å².